The van der Waals surface area contributed by atoms with Crippen LogP contribution in [0.15, 0.2) is 42.5 Å². The van der Waals surface area contributed by atoms with Crippen LogP contribution in [0.3, 0.4) is 0 Å². The minimum Gasteiger partial charge on any atom is -0.326 e. The minimum absolute atomic E-state index is 0.138. The van der Waals surface area contributed by atoms with E-state index in [9.17, 15) is 4.79 Å². The summed E-state index contributed by atoms with van der Waals surface area (Å²) in [5.41, 5.74) is 2.41. The van der Waals surface area contributed by atoms with Crippen molar-refractivity contribution in [3.63, 3.8) is 0 Å². The second-order valence-electron chi connectivity index (χ2n) is 6.94. The number of fused-ring (bicyclic) bond motifs is 1. The highest BCUT2D eigenvalue weighted by Crippen LogP contribution is 2.25. The van der Waals surface area contributed by atoms with Crippen molar-refractivity contribution in [1.82, 2.24) is 14.8 Å². The number of nitrogens with one attached hydrogen (secondary N) is 1. The van der Waals surface area contributed by atoms with Crippen molar-refractivity contribution in [2.24, 2.45) is 0 Å². The Hall–Kier alpha value is -2.37. The predicted octanol–water partition coefficient (Wildman–Crippen LogP) is 5.16. The molecule has 1 N–H and O–H groups in total. The molecule has 3 aromatic rings. The van der Waals surface area contributed by atoms with E-state index in [1.165, 1.54) is 6.42 Å². The molecule has 4 rings (SSSR count). The number of anilines is 1. The number of aromatic nitrogens is 3. The Morgan fingerprint density at radius 2 is 1.96 bits per heavy atom. The smallest absolute Gasteiger partial charge is 0.228 e. The van der Waals surface area contributed by atoms with Gasteiger partial charge in [0, 0.05) is 34.3 Å². The molecule has 0 spiro atoms. The molecule has 0 atom stereocenters. The molecule has 1 aromatic heterocycles. The van der Waals surface area contributed by atoms with E-state index in [-0.39, 0.29) is 12.3 Å². The number of halogens is 2. The molecule has 0 saturated carbocycles. The highest BCUT2D eigenvalue weighted by Gasteiger charge is 2.16. The molecule has 0 bridgehead atoms. The minimum atomic E-state index is -0.138. The van der Waals surface area contributed by atoms with Crippen molar-refractivity contribution in [2.45, 2.75) is 38.6 Å². The molecule has 0 aliphatic carbocycles. The lowest BCUT2D eigenvalue weighted by atomic mass is 10.1. The fraction of sp³-hybridized carbons (Fsp3) is 0.286. The van der Waals surface area contributed by atoms with E-state index in [2.05, 4.69) is 20.1 Å². The number of carbonyl (C=O) groups excluding carboxylic acids is 1. The second kappa shape index (κ2) is 8.33. The summed E-state index contributed by atoms with van der Waals surface area (Å²) in [5, 5.41) is 12.7. The molecule has 28 heavy (non-hydrogen) atoms. The van der Waals surface area contributed by atoms with E-state index < -0.39 is 0 Å². The first-order chi connectivity index (χ1) is 13.6. The summed E-state index contributed by atoms with van der Waals surface area (Å²) in [6.45, 7) is 0.934. The van der Waals surface area contributed by atoms with Gasteiger partial charge in [-0.1, -0.05) is 47.8 Å². The maximum absolute atomic E-state index is 12.5. The van der Waals surface area contributed by atoms with E-state index >= 15 is 0 Å². The van der Waals surface area contributed by atoms with Crippen LogP contribution in [0.2, 0.25) is 10.0 Å². The maximum Gasteiger partial charge on any atom is 0.228 e. The van der Waals surface area contributed by atoms with Gasteiger partial charge < -0.3 is 9.88 Å². The third-order valence-corrected chi connectivity index (χ3v) is 5.47. The summed E-state index contributed by atoms with van der Waals surface area (Å²) in [5.74, 6) is 1.76. The average molecular weight is 415 g/mol. The molecule has 144 valence electrons. The monoisotopic (exact) mass is 414 g/mol. The van der Waals surface area contributed by atoms with Gasteiger partial charge in [-0.25, -0.2) is 0 Å². The van der Waals surface area contributed by atoms with Crippen LogP contribution >= 0.6 is 23.2 Å². The molecule has 1 aliphatic rings. The van der Waals surface area contributed by atoms with Gasteiger partial charge in [0.15, 0.2) is 5.82 Å². The van der Waals surface area contributed by atoms with E-state index in [0.717, 1.165) is 54.3 Å². The lowest BCUT2D eigenvalue weighted by Gasteiger charge is -2.10. The van der Waals surface area contributed by atoms with Gasteiger partial charge in [0.2, 0.25) is 5.91 Å². The van der Waals surface area contributed by atoms with Crippen LogP contribution in [0.25, 0.3) is 11.4 Å². The topological polar surface area (TPSA) is 59.8 Å². The highest BCUT2D eigenvalue weighted by atomic mass is 35.5. The number of benzene rings is 2. The van der Waals surface area contributed by atoms with Gasteiger partial charge in [-0.15, -0.1) is 10.2 Å². The van der Waals surface area contributed by atoms with Crippen LogP contribution in [0, 0.1) is 0 Å². The van der Waals surface area contributed by atoms with Gasteiger partial charge in [-0.05, 0) is 42.7 Å². The van der Waals surface area contributed by atoms with E-state index in [0.29, 0.717) is 10.0 Å². The second-order valence-corrected chi connectivity index (χ2v) is 7.79. The average Bonchev–Trinajstić information content (AvgIpc) is 2.93. The standard InChI is InChI=1S/C21H20Cl2N4O/c22-16-9-8-14(18(23)13-16)12-20(28)24-17-6-4-5-15(11-17)21-26-25-19-7-2-1-3-10-27(19)21/h4-6,8-9,11,13H,1-3,7,10,12H2,(H,24,28). The molecule has 7 heteroatoms. The number of amides is 1. The van der Waals surface area contributed by atoms with Crippen molar-refractivity contribution >= 4 is 34.8 Å². The summed E-state index contributed by atoms with van der Waals surface area (Å²) >= 11 is 12.1. The van der Waals surface area contributed by atoms with Crippen molar-refractivity contribution in [3.05, 3.63) is 63.9 Å². The van der Waals surface area contributed by atoms with Gasteiger partial charge >= 0.3 is 0 Å². The Balaban J connectivity index is 1.51. The first kappa shape index (κ1) is 19.0. The molecule has 1 amide bonds. The zero-order valence-electron chi connectivity index (χ0n) is 15.3. The SMILES string of the molecule is O=C(Cc1ccc(Cl)cc1Cl)Nc1cccc(-c2nnc3n2CCCCC3)c1. The third kappa shape index (κ3) is 4.21. The number of rotatable bonds is 4. The van der Waals surface area contributed by atoms with Crippen LogP contribution in [0.4, 0.5) is 5.69 Å². The van der Waals surface area contributed by atoms with Crippen LogP contribution in [0.1, 0.15) is 30.7 Å². The van der Waals surface area contributed by atoms with Gasteiger partial charge in [0.05, 0.1) is 6.42 Å². The van der Waals surface area contributed by atoms with Gasteiger partial charge in [-0.2, -0.15) is 0 Å². The summed E-state index contributed by atoms with van der Waals surface area (Å²) in [7, 11) is 0. The summed E-state index contributed by atoms with van der Waals surface area (Å²) in [4.78, 5) is 12.5. The molecular weight excluding hydrogens is 395 g/mol. The summed E-state index contributed by atoms with van der Waals surface area (Å²) < 4.78 is 2.20. The van der Waals surface area contributed by atoms with Crippen LogP contribution in [0.5, 0.6) is 0 Å². The van der Waals surface area contributed by atoms with Gasteiger partial charge in [0.25, 0.3) is 0 Å². The first-order valence-corrected chi connectivity index (χ1v) is 10.1. The Morgan fingerprint density at radius 3 is 2.82 bits per heavy atom. The molecule has 2 aromatic carbocycles. The number of hydrogen-bond acceptors (Lipinski definition) is 3. The van der Waals surface area contributed by atoms with Crippen LogP contribution in [-0.2, 0) is 24.2 Å². The number of aryl methyl sites for hydroxylation is 1. The summed E-state index contributed by atoms with van der Waals surface area (Å²) in [6, 6.07) is 12.9. The Kier molecular flexibility index (Phi) is 5.64. The van der Waals surface area contributed by atoms with Crippen molar-refractivity contribution < 1.29 is 4.79 Å². The summed E-state index contributed by atoms with van der Waals surface area (Å²) in [6.07, 6.45) is 4.65. The molecule has 0 fully saturated rings. The maximum atomic E-state index is 12.5. The Morgan fingerprint density at radius 1 is 1.07 bits per heavy atom. The van der Waals surface area contributed by atoms with Crippen LogP contribution in [-0.4, -0.2) is 20.7 Å². The lowest BCUT2D eigenvalue weighted by molar-refractivity contribution is -0.115. The van der Waals surface area contributed by atoms with Crippen molar-refractivity contribution in [1.29, 1.82) is 0 Å². The van der Waals surface area contributed by atoms with Crippen molar-refractivity contribution in [3.8, 4) is 11.4 Å². The number of carbonyl (C=O) groups is 1. The fourth-order valence-electron chi connectivity index (χ4n) is 3.48. The normalized spacial score (nSPS) is 13.6. The first-order valence-electron chi connectivity index (χ1n) is 9.36. The van der Waals surface area contributed by atoms with Crippen LogP contribution < -0.4 is 5.32 Å². The molecule has 2 heterocycles. The van der Waals surface area contributed by atoms with Crippen molar-refractivity contribution in [2.75, 3.05) is 5.32 Å². The lowest BCUT2D eigenvalue weighted by Crippen LogP contribution is -2.14. The third-order valence-electron chi connectivity index (χ3n) is 4.88. The van der Waals surface area contributed by atoms with E-state index in [1.54, 1.807) is 18.2 Å². The molecule has 1 aliphatic heterocycles. The molecule has 5 nitrogen and oxygen atoms in total. The molecule has 0 unspecified atom stereocenters. The fourth-order valence-corrected chi connectivity index (χ4v) is 3.95. The zero-order valence-corrected chi connectivity index (χ0v) is 16.8. The molecule has 0 radical (unpaired) electrons. The van der Waals surface area contributed by atoms with Gasteiger partial charge in [0.1, 0.15) is 5.82 Å². The largest absolute Gasteiger partial charge is 0.326 e. The Labute approximate surface area is 173 Å². The quantitative estimate of drug-likeness (QED) is 0.641. The molecule has 0 saturated heterocycles. The van der Waals surface area contributed by atoms with Gasteiger partial charge in [-0.3, -0.25) is 4.79 Å². The highest BCUT2D eigenvalue weighted by molar-refractivity contribution is 6.35. The Bertz CT molecular complexity index is 1020. The predicted molar refractivity (Wildman–Crippen MR) is 112 cm³/mol. The van der Waals surface area contributed by atoms with E-state index in [1.807, 2.05) is 24.3 Å². The zero-order chi connectivity index (χ0) is 19.5. The van der Waals surface area contributed by atoms with E-state index in [4.69, 9.17) is 23.2 Å². The molecular formula is C21H20Cl2N4O. The number of nitrogens with zero attached hydrogens (tertiary/aromatic N) is 3. The number of hydrogen-bond donors (Lipinski definition) is 1.